The minimum atomic E-state index is -0.420. The first-order chi connectivity index (χ1) is 14.6. The molecular weight excluding hydrogens is 385 g/mol. The van der Waals surface area contributed by atoms with Crippen molar-refractivity contribution in [3.05, 3.63) is 89.4 Å². The highest BCUT2D eigenvalue weighted by Gasteiger charge is 2.35. The number of hydrogen-bond acceptors (Lipinski definition) is 4. The van der Waals surface area contributed by atoms with Crippen molar-refractivity contribution in [3.63, 3.8) is 0 Å². The fraction of sp³-hybridized carbons (Fsp3) is 0.0833. The Balaban J connectivity index is 1.57. The summed E-state index contributed by atoms with van der Waals surface area (Å²) >= 11 is 0. The van der Waals surface area contributed by atoms with Gasteiger partial charge in [-0.1, -0.05) is 30.3 Å². The summed E-state index contributed by atoms with van der Waals surface area (Å²) in [6, 6.07) is 18.4. The van der Waals surface area contributed by atoms with E-state index in [0.29, 0.717) is 44.7 Å². The lowest BCUT2D eigenvalue weighted by Crippen LogP contribution is -2.28. The number of ether oxygens (including phenoxy) is 1. The summed E-state index contributed by atoms with van der Waals surface area (Å²) in [6.07, 6.45) is 0. The molecule has 4 aromatic rings. The number of methoxy groups -OCH3 is 1. The van der Waals surface area contributed by atoms with Crippen LogP contribution in [-0.4, -0.2) is 23.8 Å². The van der Waals surface area contributed by atoms with Gasteiger partial charge in [0.1, 0.15) is 22.9 Å². The fourth-order valence-electron chi connectivity index (χ4n) is 3.85. The second-order valence-corrected chi connectivity index (χ2v) is 7.03. The molecule has 0 atom stereocenters. The third-order valence-corrected chi connectivity index (χ3v) is 5.22. The van der Waals surface area contributed by atoms with E-state index in [2.05, 4.69) is 0 Å². The third kappa shape index (κ3) is 2.76. The van der Waals surface area contributed by atoms with Crippen molar-refractivity contribution in [2.45, 2.75) is 6.54 Å². The highest BCUT2D eigenvalue weighted by molar-refractivity contribution is 6.21. The average Bonchev–Trinajstić information content (AvgIpc) is 3.27. The van der Waals surface area contributed by atoms with Gasteiger partial charge in [-0.25, -0.2) is 4.39 Å². The van der Waals surface area contributed by atoms with Crippen LogP contribution in [0, 0.1) is 5.82 Å². The van der Waals surface area contributed by atoms with Crippen LogP contribution < -0.4 is 4.74 Å². The first-order valence-corrected chi connectivity index (χ1v) is 9.37. The standard InChI is InChI=1S/C24H16FNO4/c1-29-21-9-5-4-6-17(21)20-12-15(25)10-14-11-16(30-22(14)20)13-26-23(27)18-7-2-3-8-19(18)24(26)28/h2-12H,13H2,1H3. The van der Waals surface area contributed by atoms with Crippen molar-refractivity contribution in [1.29, 1.82) is 0 Å². The van der Waals surface area contributed by atoms with E-state index in [4.69, 9.17) is 9.15 Å². The minimum absolute atomic E-state index is 0.0337. The van der Waals surface area contributed by atoms with Crippen LogP contribution in [-0.2, 0) is 6.54 Å². The molecule has 0 saturated heterocycles. The first-order valence-electron chi connectivity index (χ1n) is 9.37. The smallest absolute Gasteiger partial charge is 0.261 e. The molecule has 0 bridgehead atoms. The number of nitrogens with zero attached hydrogens (tertiary/aromatic N) is 1. The van der Waals surface area contributed by atoms with Crippen LogP contribution in [0.15, 0.2) is 71.1 Å². The molecule has 0 fully saturated rings. The van der Waals surface area contributed by atoms with Crippen LogP contribution in [0.5, 0.6) is 5.75 Å². The minimum Gasteiger partial charge on any atom is -0.496 e. The number of hydrogen-bond donors (Lipinski definition) is 0. The monoisotopic (exact) mass is 401 g/mol. The van der Waals surface area contributed by atoms with Crippen molar-refractivity contribution in [3.8, 4) is 16.9 Å². The lowest BCUT2D eigenvalue weighted by atomic mass is 10.0. The van der Waals surface area contributed by atoms with Gasteiger partial charge in [-0.2, -0.15) is 0 Å². The van der Waals surface area contributed by atoms with Crippen LogP contribution in [0.1, 0.15) is 26.5 Å². The maximum atomic E-state index is 14.3. The van der Waals surface area contributed by atoms with E-state index in [1.807, 2.05) is 18.2 Å². The number of carbonyl (C=O) groups is 2. The Hall–Kier alpha value is -3.93. The molecule has 5 nitrogen and oxygen atoms in total. The number of furan rings is 1. The van der Waals surface area contributed by atoms with Crippen LogP contribution in [0.2, 0.25) is 0 Å². The van der Waals surface area contributed by atoms with Gasteiger partial charge in [-0.05, 0) is 36.4 Å². The quantitative estimate of drug-likeness (QED) is 0.449. The SMILES string of the molecule is COc1ccccc1-c1cc(F)cc2cc(CN3C(=O)c4ccccc4C3=O)oc12. The van der Waals surface area contributed by atoms with Crippen molar-refractivity contribution >= 4 is 22.8 Å². The highest BCUT2D eigenvalue weighted by atomic mass is 19.1. The molecule has 0 N–H and O–H groups in total. The number of rotatable bonds is 4. The molecule has 5 rings (SSSR count). The van der Waals surface area contributed by atoms with E-state index in [-0.39, 0.29) is 18.4 Å². The fourth-order valence-corrected chi connectivity index (χ4v) is 3.85. The molecular formula is C24H16FNO4. The summed E-state index contributed by atoms with van der Waals surface area (Å²) in [4.78, 5) is 26.4. The first kappa shape index (κ1) is 18.1. The topological polar surface area (TPSA) is 59.8 Å². The van der Waals surface area contributed by atoms with Crippen molar-refractivity contribution in [1.82, 2.24) is 4.90 Å². The Morgan fingerprint density at radius 3 is 2.17 bits per heavy atom. The predicted octanol–water partition coefficient (Wildman–Crippen LogP) is 5.04. The Morgan fingerprint density at radius 1 is 0.867 bits per heavy atom. The molecule has 0 aliphatic carbocycles. The molecule has 3 aromatic carbocycles. The number of amides is 2. The molecule has 30 heavy (non-hydrogen) atoms. The summed E-state index contributed by atoms with van der Waals surface area (Å²) in [5.41, 5.74) is 2.44. The summed E-state index contributed by atoms with van der Waals surface area (Å²) in [6.45, 7) is -0.0337. The normalized spacial score (nSPS) is 13.2. The second kappa shape index (κ2) is 6.84. The summed E-state index contributed by atoms with van der Waals surface area (Å²) in [7, 11) is 1.55. The number of fused-ring (bicyclic) bond motifs is 2. The number of halogens is 1. The van der Waals surface area contributed by atoms with E-state index in [1.165, 1.54) is 12.1 Å². The number of carbonyl (C=O) groups excluding carboxylic acids is 2. The molecule has 1 aliphatic heterocycles. The Labute approximate surface area is 171 Å². The maximum Gasteiger partial charge on any atom is 0.261 e. The van der Waals surface area contributed by atoms with Gasteiger partial charge < -0.3 is 9.15 Å². The molecule has 0 spiro atoms. The van der Waals surface area contributed by atoms with Crippen molar-refractivity contribution in [2.75, 3.05) is 7.11 Å². The van der Waals surface area contributed by atoms with Gasteiger partial charge >= 0.3 is 0 Å². The van der Waals surface area contributed by atoms with Crippen LogP contribution in [0.25, 0.3) is 22.1 Å². The number of para-hydroxylation sites is 1. The second-order valence-electron chi connectivity index (χ2n) is 7.03. The van der Waals surface area contributed by atoms with Crippen molar-refractivity contribution in [2.24, 2.45) is 0 Å². The molecule has 0 saturated carbocycles. The molecule has 0 radical (unpaired) electrons. The zero-order valence-corrected chi connectivity index (χ0v) is 16.0. The molecule has 0 unspecified atom stereocenters. The van der Waals surface area contributed by atoms with Gasteiger partial charge in [-0.15, -0.1) is 0 Å². The van der Waals surface area contributed by atoms with E-state index in [9.17, 15) is 14.0 Å². The van der Waals surface area contributed by atoms with Crippen LogP contribution >= 0.6 is 0 Å². The molecule has 1 aromatic heterocycles. The zero-order chi connectivity index (χ0) is 20.8. The van der Waals surface area contributed by atoms with Gasteiger partial charge in [-0.3, -0.25) is 14.5 Å². The third-order valence-electron chi connectivity index (χ3n) is 5.22. The summed E-state index contributed by atoms with van der Waals surface area (Å²) in [5.74, 6) is -0.181. The van der Waals surface area contributed by atoms with E-state index in [1.54, 1.807) is 43.5 Å². The molecule has 6 heteroatoms. The predicted molar refractivity (Wildman–Crippen MR) is 109 cm³/mol. The number of benzene rings is 3. The zero-order valence-electron chi connectivity index (χ0n) is 16.0. The molecule has 2 amide bonds. The van der Waals surface area contributed by atoms with Gasteiger partial charge in [0, 0.05) is 16.5 Å². The average molecular weight is 401 g/mol. The van der Waals surface area contributed by atoms with Gasteiger partial charge in [0.15, 0.2) is 0 Å². The highest BCUT2D eigenvalue weighted by Crippen LogP contribution is 2.37. The van der Waals surface area contributed by atoms with E-state index < -0.39 is 5.82 Å². The largest absolute Gasteiger partial charge is 0.496 e. The van der Waals surface area contributed by atoms with Crippen LogP contribution in [0.3, 0.4) is 0 Å². The van der Waals surface area contributed by atoms with Gasteiger partial charge in [0.25, 0.3) is 11.8 Å². The number of imide groups is 1. The van der Waals surface area contributed by atoms with E-state index >= 15 is 0 Å². The maximum absolute atomic E-state index is 14.3. The lowest BCUT2D eigenvalue weighted by molar-refractivity contribution is 0.0632. The molecule has 1 aliphatic rings. The van der Waals surface area contributed by atoms with Gasteiger partial charge in [0.05, 0.1) is 24.8 Å². The van der Waals surface area contributed by atoms with E-state index in [0.717, 1.165) is 4.90 Å². The molecule has 148 valence electrons. The summed E-state index contributed by atoms with van der Waals surface area (Å²) in [5, 5.41) is 0.544. The Morgan fingerprint density at radius 2 is 1.50 bits per heavy atom. The molecule has 2 heterocycles. The Kier molecular flexibility index (Phi) is 4.13. The lowest BCUT2D eigenvalue weighted by Gasteiger charge is -2.11. The van der Waals surface area contributed by atoms with Crippen LogP contribution in [0.4, 0.5) is 4.39 Å². The van der Waals surface area contributed by atoms with Crippen molar-refractivity contribution < 1.29 is 23.1 Å². The Bertz CT molecular complexity index is 1290. The van der Waals surface area contributed by atoms with Gasteiger partial charge in [0.2, 0.25) is 0 Å². The summed E-state index contributed by atoms with van der Waals surface area (Å²) < 4.78 is 25.7.